The molecule has 3 aromatic carbocycles. The van der Waals surface area contributed by atoms with E-state index in [1.165, 1.54) is 29.5 Å². The van der Waals surface area contributed by atoms with Gasteiger partial charge in [0.15, 0.2) is 0 Å². The molecule has 6 nitrogen and oxygen atoms in total. The van der Waals surface area contributed by atoms with Gasteiger partial charge in [-0.2, -0.15) is 0 Å². The number of hydrogen-bond donors (Lipinski definition) is 2. The number of aliphatic carboxylic acids is 1. The summed E-state index contributed by atoms with van der Waals surface area (Å²) in [5.41, 5.74) is 6.46. The highest BCUT2D eigenvalue weighted by atomic mass is 16.5. The number of carbonyl (C=O) groups is 2. The molecule has 0 heterocycles. The standard InChI is InChI=1S/C32H37NO5/c34-31(35)12-6-7-19-33(21-24-13-17-28(18-14-24)32(36)37)22-30(27-9-2-1-3-10-27)38-23-25-15-16-26-8-4-5-11-29(26)20-25/h1-3,9-10,13-18,20,30H,4-8,11-12,19,21-23H2,(H,34,35)(H,36,37). The molecule has 6 heteroatoms. The zero-order valence-corrected chi connectivity index (χ0v) is 21.9. The van der Waals surface area contributed by atoms with E-state index in [9.17, 15) is 14.7 Å². The number of nitrogens with zero attached hydrogens (tertiary/aromatic N) is 1. The van der Waals surface area contributed by atoms with E-state index in [2.05, 4.69) is 35.2 Å². The molecule has 0 radical (unpaired) electrons. The Morgan fingerprint density at radius 3 is 2.26 bits per heavy atom. The largest absolute Gasteiger partial charge is 0.481 e. The van der Waals surface area contributed by atoms with E-state index in [-0.39, 0.29) is 18.1 Å². The third-order valence-corrected chi connectivity index (χ3v) is 7.18. The Hall–Kier alpha value is -3.48. The van der Waals surface area contributed by atoms with E-state index in [1.54, 1.807) is 12.1 Å². The van der Waals surface area contributed by atoms with Crippen molar-refractivity contribution in [3.05, 3.63) is 106 Å². The number of benzene rings is 3. The first-order valence-electron chi connectivity index (χ1n) is 13.5. The maximum absolute atomic E-state index is 11.3. The first kappa shape index (κ1) is 27.6. The number of carboxylic acids is 2. The molecule has 38 heavy (non-hydrogen) atoms. The number of hydrogen-bond acceptors (Lipinski definition) is 4. The fourth-order valence-electron chi connectivity index (χ4n) is 5.09. The minimum Gasteiger partial charge on any atom is -0.481 e. The van der Waals surface area contributed by atoms with Crippen molar-refractivity contribution in [3.8, 4) is 0 Å². The third-order valence-electron chi connectivity index (χ3n) is 7.18. The second kappa shape index (κ2) is 13.9. The molecule has 1 aliphatic rings. The van der Waals surface area contributed by atoms with Gasteiger partial charge in [-0.3, -0.25) is 9.69 Å². The summed E-state index contributed by atoms with van der Waals surface area (Å²) in [6.07, 6.45) is 6.16. The van der Waals surface area contributed by atoms with Crippen molar-refractivity contribution in [2.24, 2.45) is 0 Å². The van der Waals surface area contributed by atoms with Crippen molar-refractivity contribution in [1.29, 1.82) is 0 Å². The van der Waals surface area contributed by atoms with Crippen LogP contribution in [0.1, 0.15) is 76.4 Å². The van der Waals surface area contributed by atoms with Crippen LogP contribution >= 0.6 is 0 Å². The summed E-state index contributed by atoms with van der Waals surface area (Å²) in [4.78, 5) is 24.6. The fraction of sp³-hybridized carbons (Fsp3) is 0.375. The van der Waals surface area contributed by atoms with Crippen molar-refractivity contribution in [3.63, 3.8) is 0 Å². The van der Waals surface area contributed by atoms with Crippen LogP contribution in [0.15, 0.2) is 72.8 Å². The van der Waals surface area contributed by atoms with Gasteiger partial charge in [-0.1, -0.05) is 60.7 Å². The van der Waals surface area contributed by atoms with E-state index in [4.69, 9.17) is 9.84 Å². The molecule has 0 saturated heterocycles. The minimum atomic E-state index is -0.943. The zero-order chi connectivity index (χ0) is 26.7. The molecule has 0 saturated carbocycles. The Labute approximate surface area is 224 Å². The van der Waals surface area contributed by atoms with Gasteiger partial charge >= 0.3 is 11.9 Å². The molecule has 4 rings (SSSR count). The van der Waals surface area contributed by atoms with Gasteiger partial charge in [0.25, 0.3) is 0 Å². The Kier molecular flexibility index (Phi) is 10.1. The Bertz CT molecular complexity index is 1190. The van der Waals surface area contributed by atoms with Crippen LogP contribution < -0.4 is 0 Å². The van der Waals surface area contributed by atoms with Crippen LogP contribution in [0.5, 0.6) is 0 Å². The van der Waals surface area contributed by atoms with Crippen LogP contribution in [0, 0.1) is 0 Å². The first-order chi connectivity index (χ1) is 18.5. The topological polar surface area (TPSA) is 87.1 Å². The van der Waals surface area contributed by atoms with Gasteiger partial charge in [-0.15, -0.1) is 0 Å². The van der Waals surface area contributed by atoms with Gasteiger partial charge in [0.2, 0.25) is 0 Å². The highest BCUT2D eigenvalue weighted by molar-refractivity contribution is 5.87. The van der Waals surface area contributed by atoms with E-state index >= 15 is 0 Å². The predicted molar refractivity (Wildman–Crippen MR) is 147 cm³/mol. The second-order valence-corrected chi connectivity index (χ2v) is 10.1. The van der Waals surface area contributed by atoms with Gasteiger partial charge in [0.05, 0.1) is 18.3 Å². The van der Waals surface area contributed by atoms with Gasteiger partial charge in [-0.05, 0) is 85.0 Å². The molecule has 1 unspecified atom stereocenters. The van der Waals surface area contributed by atoms with Gasteiger partial charge in [-0.25, -0.2) is 4.79 Å². The van der Waals surface area contributed by atoms with Gasteiger partial charge in [0, 0.05) is 19.5 Å². The molecule has 0 bridgehead atoms. The number of aryl methyl sites for hydroxylation is 2. The first-order valence-corrected chi connectivity index (χ1v) is 13.5. The number of unbranched alkanes of at least 4 members (excludes halogenated alkanes) is 1. The molecular weight excluding hydrogens is 478 g/mol. The quantitative estimate of drug-likeness (QED) is 0.246. The smallest absolute Gasteiger partial charge is 0.335 e. The van der Waals surface area contributed by atoms with Crippen molar-refractivity contribution in [2.75, 3.05) is 13.1 Å². The van der Waals surface area contributed by atoms with Gasteiger partial charge in [0.1, 0.15) is 0 Å². The van der Waals surface area contributed by atoms with Crippen LogP contribution in [-0.2, 0) is 35.5 Å². The van der Waals surface area contributed by atoms with E-state index in [0.29, 0.717) is 26.1 Å². The molecular formula is C32H37NO5. The molecule has 3 aromatic rings. The van der Waals surface area contributed by atoms with E-state index in [0.717, 1.165) is 36.9 Å². The lowest BCUT2D eigenvalue weighted by molar-refractivity contribution is -0.137. The number of aromatic carboxylic acids is 1. The van der Waals surface area contributed by atoms with Crippen molar-refractivity contribution < 1.29 is 24.5 Å². The minimum absolute atomic E-state index is 0.151. The molecule has 200 valence electrons. The molecule has 0 spiro atoms. The zero-order valence-electron chi connectivity index (χ0n) is 21.9. The number of ether oxygens (including phenoxy) is 1. The molecule has 0 aliphatic heterocycles. The summed E-state index contributed by atoms with van der Waals surface area (Å²) in [7, 11) is 0. The molecule has 0 aromatic heterocycles. The lowest BCUT2D eigenvalue weighted by Gasteiger charge is -2.28. The molecule has 1 aliphatic carbocycles. The molecule has 1 atom stereocenters. The van der Waals surface area contributed by atoms with Crippen LogP contribution in [0.4, 0.5) is 0 Å². The second-order valence-electron chi connectivity index (χ2n) is 10.1. The summed E-state index contributed by atoms with van der Waals surface area (Å²) < 4.78 is 6.56. The average molecular weight is 516 g/mol. The Morgan fingerprint density at radius 2 is 1.55 bits per heavy atom. The average Bonchev–Trinajstić information content (AvgIpc) is 2.93. The fourth-order valence-corrected chi connectivity index (χ4v) is 5.09. The van der Waals surface area contributed by atoms with E-state index < -0.39 is 11.9 Å². The van der Waals surface area contributed by atoms with Crippen molar-refractivity contribution in [1.82, 2.24) is 4.90 Å². The van der Waals surface area contributed by atoms with Crippen LogP contribution in [0.2, 0.25) is 0 Å². The monoisotopic (exact) mass is 515 g/mol. The molecule has 2 N–H and O–H groups in total. The summed E-state index contributed by atoms with van der Waals surface area (Å²) in [5, 5.41) is 18.3. The van der Waals surface area contributed by atoms with Crippen molar-refractivity contribution in [2.45, 2.75) is 64.2 Å². The normalized spacial score (nSPS) is 13.7. The van der Waals surface area contributed by atoms with Crippen LogP contribution in [-0.4, -0.2) is 40.1 Å². The lowest BCUT2D eigenvalue weighted by atomic mass is 9.90. The Balaban J connectivity index is 1.48. The highest BCUT2D eigenvalue weighted by Crippen LogP contribution is 2.25. The maximum atomic E-state index is 11.3. The van der Waals surface area contributed by atoms with Crippen LogP contribution in [0.25, 0.3) is 0 Å². The number of fused-ring (bicyclic) bond motifs is 1. The number of rotatable bonds is 14. The van der Waals surface area contributed by atoms with E-state index in [1.807, 2.05) is 30.3 Å². The SMILES string of the molecule is O=C(O)CCCCN(Cc1ccc(C(=O)O)cc1)CC(OCc1ccc2c(c1)CCCC2)c1ccccc1. The van der Waals surface area contributed by atoms with Crippen molar-refractivity contribution >= 4 is 11.9 Å². The summed E-state index contributed by atoms with van der Waals surface area (Å²) in [5.74, 6) is -1.72. The summed E-state index contributed by atoms with van der Waals surface area (Å²) >= 11 is 0. The Morgan fingerprint density at radius 1 is 0.842 bits per heavy atom. The summed E-state index contributed by atoms with van der Waals surface area (Å²) in [6.45, 7) is 2.51. The maximum Gasteiger partial charge on any atom is 0.335 e. The third kappa shape index (κ3) is 8.27. The highest BCUT2D eigenvalue weighted by Gasteiger charge is 2.19. The summed E-state index contributed by atoms with van der Waals surface area (Å²) in [6, 6.07) is 23.9. The lowest BCUT2D eigenvalue weighted by Crippen LogP contribution is -2.30. The van der Waals surface area contributed by atoms with Crippen LogP contribution in [0.3, 0.4) is 0 Å². The molecule has 0 fully saturated rings. The predicted octanol–water partition coefficient (Wildman–Crippen LogP) is 6.28. The van der Waals surface area contributed by atoms with Gasteiger partial charge < -0.3 is 14.9 Å². The number of carboxylic acid groups (broad SMARTS) is 2. The molecule has 0 amide bonds.